The Morgan fingerprint density at radius 2 is 2.12 bits per heavy atom. The molecule has 0 aliphatic carbocycles. The third-order valence-corrected chi connectivity index (χ3v) is 8.79. The topological polar surface area (TPSA) is 34.1 Å². The molecule has 4 heteroatoms. The molecular weight excluding hydrogens is 240 g/mol. The van der Waals surface area contributed by atoms with Crippen molar-refractivity contribution in [2.24, 2.45) is 5.92 Å². The summed E-state index contributed by atoms with van der Waals surface area (Å²) in [4.78, 5) is 1.07. The fourth-order valence-electron chi connectivity index (χ4n) is 3.30. The molecule has 0 N–H and O–H groups in total. The molecule has 0 aromatic rings. The number of hydrogen-bond acceptors (Lipinski definition) is 2. The zero-order valence-electron chi connectivity index (χ0n) is 9.51. The van der Waals surface area contributed by atoms with Crippen LogP contribution in [0.15, 0.2) is 23.1 Å². The zero-order chi connectivity index (χ0) is 11.5. The second-order valence-electron chi connectivity index (χ2n) is 4.70. The van der Waals surface area contributed by atoms with Gasteiger partial charge in [-0.05, 0) is 12.8 Å². The van der Waals surface area contributed by atoms with Gasteiger partial charge in [0.2, 0.25) is 0 Å². The number of allylic oxidation sites excluding steroid dienone is 2. The summed E-state index contributed by atoms with van der Waals surface area (Å²) in [5.74, 6) is 0.254. The fourth-order valence-corrected chi connectivity index (χ4v) is 7.95. The van der Waals surface area contributed by atoms with E-state index in [1.165, 1.54) is 0 Å². The van der Waals surface area contributed by atoms with E-state index in [-0.39, 0.29) is 21.2 Å². The Morgan fingerprint density at radius 1 is 1.38 bits per heavy atom. The van der Waals surface area contributed by atoms with E-state index in [9.17, 15) is 8.42 Å². The van der Waals surface area contributed by atoms with Crippen molar-refractivity contribution >= 4 is 21.6 Å². The molecule has 2 unspecified atom stereocenters. The van der Waals surface area contributed by atoms with Crippen LogP contribution in [-0.2, 0) is 21.6 Å². The summed E-state index contributed by atoms with van der Waals surface area (Å²) in [5, 5.41) is 0.131. The number of rotatable bonds is 2. The lowest BCUT2D eigenvalue weighted by molar-refractivity contribution is 0.501. The Kier molecular flexibility index (Phi) is 2.31. The van der Waals surface area contributed by atoms with E-state index in [0.717, 1.165) is 17.7 Å². The zero-order valence-corrected chi connectivity index (χ0v) is 11.1. The molecule has 3 heterocycles. The van der Waals surface area contributed by atoms with E-state index in [4.69, 9.17) is 0 Å². The molecule has 3 aliphatic heterocycles. The molecule has 16 heavy (non-hydrogen) atoms. The predicted molar refractivity (Wildman–Crippen MR) is 67.9 cm³/mol. The third-order valence-electron chi connectivity index (χ3n) is 4.20. The molecule has 0 radical (unpaired) electrons. The minimum Gasteiger partial charge on any atom is -0.258 e. The molecule has 0 spiro atoms. The molecule has 0 aromatic heterocycles. The Bertz CT molecular complexity index is 452. The second kappa shape index (κ2) is 3.39. The van der Waals surface area contributed by atoms with Gasteiger partial charge in [-0.25, -0.2) is 0 Å². The van der Waals surface area contributed by atoms with Gasteiger partial charge in [0.25, 0.3) is 0 Å². The highest BCUT2D eigenvalue weighted by molar-refractivity contribution is 7.94. The monoisotopic (exact) mass is 256 g/mol. The molecule has 1 saturated heterocycles. The van der Waals surface area contributed by atoms with Gasteiger partial charge >= 0.3 is 0 Å². The van der Waals surface area contributed by atoms with Crippen LogP contribution in [0.25, 0.3) is 0 Å². The van der Waals surface area contributed by atoms with Crippen LogP contribution in [0.4, 0.5) is 0 Å². The van der Waals surface area contributed by atoms with Gasteiger partial charge in [-0.3, -0.25) is 8.42 Å². The van der Waals surface area contributed by atoms with Crippen molar-refractivity contribution in [3.05, 3.63) is 23.1 Å². The number of hydrogen-bond donors (Lipinski definition) is 0. The van der Waals surface area contributed by atoms with Crippen LogP contribution >= 0.6 is 0 Å². The largest absolute Gasteiger partial charge is 0.258 e. The smallest absolute Gasteiger partial charge is 0.0717 e. The van der Waals surface area contributed by atoms with E-state index in [2.05, 4.69) is 26.0 Å². The average molecular weight is 256 g/mol. The maximum absolute atomic E-state index is 12.4. The van der Waals surface area contributed by atoms with Crippen molar-refractivity contribution in [1.29, 1.82) is 0 Å². The van der Waals surface area contributed by atoms with Crippen molar-refractivity contribution in [3.8, 4) is 0 Å². The van der Waals surface area contributed by atoms with Crippen LogP contribution in [0.3, 0.4) is 0 Å². The molecule has 3 rings (SSSR count). The normalized spacial score (nSPS) is 53.1. The SMILES string of the molecule is CCC1=C[C@H]2[C@H](C3C=C[C@]2(CC)S3=O)[S@@]1=O. The summed E-state index contributed by atoms with van der Waals surface area (Å²) in [6, 6.07) is 0. The number of fused-ring (bicyclic) bond motifs is 5. The Labute approximate surface area is 101 Å². The highest BCUT2D eigenvalue weighted by Gasteiger charge is 2.63. The summed E-state index contributed by atoms with van der Waals surface area (Å²) in [7, 11) is -1.75. The molecule has 1 fully saturated rings. The Morgan fingerprint density at radius 3 is 2.75 bits per heavy atom. The van der Waals surface area contributed by atoms with Crippen LogP contribution in [0.2, 0.25) is 0 Å². The van der Waals surface area contributed by atoms with Gasteiger partial charge in [-0.1, -0.05) is 32.1 Å². The Hall–Kier alpha value is -0.220. The minimum atomic E-state index is -0.897. The lowest BCUT2D eigenvalue weighted by Gasteiger charge is -2.27. The van der Waals surface area contributed by atoms with Gasteiger partial charge in [0, 0.05) is 21.6 Å². The van der Waals surface area contributed by atoms with Crippen molar-refractivity contribution in [2.75, 3.05) is 0 Å². The first-order valence-corrected chi connectivity index (χ1v) is 8.29. The van der Waals surface area contributed by atoms with Crippen molar-refractivity contribution < 1.29 is 8.42 Å². The molecule has 3 aliphatic rings. The van der Waals surface area contributed by atoms with Crippen molar-refractivity contribution in [1.82, 2.24) is 0 Å². The summed E-state index contributed by atoms with van der Waals surface area (Å²) in [6.07, 6.45) is 8.08. The van der Waals surface area contributed by atoms with E-state index in [0.29, 0.717) is 0 Å². The first-order valence-electron chi connectivity index (χ1n) is 5.87. The van der Waals surface area contributed by atoms with Crippen LogP contribution in [0, 0.1) is 5.92 Å². The first-order chi connectivity index (χ1) is 7.65. The highest BCUT2D eigenvalue weighted by Crippen LogP contribution is 2.54. The molecule has 0 aromatic carbocycles. The summed E-state index contributed by atoms with van der Waals surface area (Å²) in [6.45, 7) is 4.14. The molecule has 88 valence electrons. The molecule has 2 nitrogen and oxygen atoms in total. The molecule has 0 saturated carbocycles. The summed E-state index contributed by atoms with van der Waals surface area (Å²) >= 11 is 0. The standard InChI is InChI=1S/C12H16O2S2/c1-3-8-7-9-11(15(8)13)10-5-6-12(9,4-2)16(10)14/h5-7,9-11H,3-4H2,1-2H3/t9-,10?,11+,12-,15+,16?/m0/s1. The minimum absolute atomic E-state index is 0.0334. The lowest BCUT2D eigenvalue weighted by Crippen LogP contribution is -2.35. The van der Waals surface area contributed by atoms with Crippen LogP contribution in [0.5, 0.6) is 0 Å². The van der Waals surface area contributed by atoms with Gasteiger partial charge in [0.15, 0.2) is 0 Å². The maximum atomic E-state index is 12.4. The average Bonchev–Trinajstić information content (AvgIpc) is 2.87. The van der Waals surface area contributed by atoms with Gasteiger partial charge < -0.3 is 0 Å². The summed E-state index contributed by atoms with van der Waals surface area (Å²) < 4.78 is 24.4. The Balaban J connectivity index is 2.11. The van der Waals surface area contributed by atoms with Crippen LogP contribution in [-0.4, -0.2) is 23.7 Å². The molecular formula is C12H16O2S2. The van der Waals surface area contributed by atoms with Gasteiger partial charge in [-0.2, -0.15) is 0 Å². The van der Waals surface area contributed by atoms with Crippen molar-refractivity contribution in [3.63, 3.8) is 0 Å². The van der Waals surface area contributed by atoms with Gasteiger partial charge in [0.05, 0.1) is 26.0 Å². The van der Waals surface area contributed by atoms with E-state index in [1.807, 2.05) is 6.08 Å². The van der Waals surface area contributed by atoms with E-state index >= 15 is 0 Å². The maximum Gasteiger partial charge on any atom is 0.0717 e. The van der Waals surface area contributed by atoms with Crippen LogP contribution < -0.4 is 0 Å². The van der Waals surface area contributed by atoms with Gasteiger partial charge in [-0.15, -0.1) is 0 Å². The quantitative estimate of drug-likeness (QED) is 0.707. The summed E-state index contributed by atoms with van der Waals surface area (Å²) in [5.41, 5.74) is 0. The molecule has 6 atom stereocenters. The van der Waals surface area contributed by atoms with E-state index in [1.54, 1.807) is 0 Å². The highest BCUT2D eigenvalue weighted by atomic mass is 32.2. The molecule has 0 amide bonds. The first kappa shape index (κ1) is 10.9. The predicted octanol–water partition coefficient (Wildman–Crippen LogP) is 1.88. The lowest BCUT2D eigenvalue weighted by atomic mass is 9.81. The van der Waals surface area contributed by atoms with E-state index < -0.39 is 21.6 Å². The van der Waals surface area contributed by atoms with Crippen LogP contribution in [0.1, 0.15) is 26.7 Å². The third kappa shape index (κ3) is 1.03. The molecule has 2 bridgehead atoms. The fraction of sp³-hybridized carbons (Fsp3) is 0.667. The van der Waals surface area contributed by atoms with Crippen molar-refractivity contribution in [2.45, 2.75) is 41.9 Å². The second-order valence-corrected chi connectivity index (χ2v) is 8.27. The van der Waals surface area contributed by atoms with Gasteiger partial charge in [0.1, 0.15) is 0 Å².